The number of nitrogens with one attached hydrogen (secondary N) is 1. The molecule has 1 N–H and O–H groups in total. The van der Waals surface area contributed by atoms with Crippen molar-refractivity contribution in [2.75, 3.05) is 19.8 Å². The van der Waals surface area contributed by atoms with Crippen LogP contribution in [0.25, 0.3) is 11.0 Å². The van der Waals surface area contributed by atoms with Crippen molar-refractivity contribution in [1.29, 1.82) is 0 Å². The van der Waals surface area contributed by atoms with Gasteiger partial charge in [-0.1, -0.05) is 0 Å². The maximum atomic E-state index is 13.7. The Morgan fingerprint density at radius 1 is 1.39 bits per heavy atom. The van der Waals surface area contributed by atoms with Gasteiger partial charge in [0.25, 0.3) is 5.91 Å². The number of carbonyl (C=O) groups is 1. The maximum absolute atomic E-state index is 13.7. The van der Waals surface area contributed by atoms with Crippen LogP contribution in [0.1, 0.15) is 22.2 Å². The molecule has 4 rings (SSSR count). The Labute approximate surface area is 130 Å². The first-order chi connectivity index (χ1) is 11.3. The van der Waals surface area contributed by atoms with Crippen LogP contribution in [0, 0.1) is 5.82 Å². The second-order valence-corrected chi connectivity index (χ2v) is 5.22. The number of fused-ring (bicyclic) bond motifs is 1. The standard InChI is InChI=1S/C15H13FN4O3/c16-11-2-1-10(9-3-5-23-13(9)11)15(21)20-4-6-22-7-12(20)14-17-8-18-19-14/h1-3,5,8,12H,4,6-7H2,(H,17,18,19). The van der Waals surface area contributed by atoms with E-state index in [1.165, 1.54) is 24.7 Å². The van der Waals surface area contributed by atoms with Gasteiger partial charge in [-0.25, -0.2) is 9.37 Å². The Morgan fingerprint density at radius 2 is 2.30 bits per heavy atom. The number of aromatic nitrogens is 3. The lowest BCUT2D eigenvalue weighted by atomic mass is 10.1. The highest BCUT2D eigenvalue weighted by Crippen LogP contribution is 2.28. The number of rotatable bonds is 2. The quantitative estimate of drug-likeness (QED) is 0.780. The summed E-state index contributed by atoms with van der Waals surface area (Å²) >= 11 is 0. The second-order valence-electron chi connectivity index (χ2n) is 5.22. The molecule has 1 amide bonds. The van der Waals surface area contributed by atoms with Crippen molar-refractivity contribution in [2.24, 2.45) is 0 Å². The topological polar surface area (TPSA) is 84.2 Å². The number of carbonyl (C=O) groups excluding carboxylic acids is 1. The number of morpholine rings is 1. The molecule has 0 saturated carbocycles. The van der Waals surface area contributed by atoms with Gasteiger partial charge in [0.1, 0.15) is 18.2 Å². The average molecular weight is 316 g/mol. The van der Waals surface area contributed by atoms with Crippen LogP contribution >= 0.6 is 0 Å². The van der Waals surface area contributed by atoms with Crippen molar-refractivity contribution >= 4 is 16.9 Å². The van der Waals surface area contributed by atoms with Gasteiger partial charge in [-0.15, -0.1) is 0 Å². The molecule has 3 heterocycles. The number of aromatic amines is 1. The zero-order chi connectivity index (χ0) is 15.8. The molecule has 1 aromatic carbocycles. The van der Waals surface area contributed by atoms with Crippen LogP contribution in [-0.4, -0.2) is 45.7 Å². The van der Waals surface area contributed by atoms with Crippen molar-refractivity contribution in [1.82, 2.24) is 20.1 Å². The van der Waals surface area contributed by atoms with E-state index >= 15 is 0 Å². The number of halogens is 1. The van der Waals surface area contributed by atoms with Crippen molar-refractivity contribution in [3.63, 3.8) is 0 Å². The van der Waals surface area contributed by atoms with Crippen molar-refractivity contribution in [2.45, 2.75) is 6.04 Å². The third-order valence-corrected chi connectivity index (χ3v) is 3.94. The number of ether oxygens (including phenoxy) is 1. The number of hydrogen-bond donors (Lipinski definition) is 1. The summed E-state index contributed by atoms with van der Waals surface area (Å²) in [5.74, 6) is -0.153. The molecule has 3 aromatic rings. The molecule has 7 nitrogen and oxygen atoms in total. The molecule has 0 aliphatic carbocycles. The molecule has 1 unspecified atom stereocenters. The Kier molecular flexibility index (Phi) is 3.30. The van der Waals surface area contributed by atoms with Crippen LogP contribution in [-0.2, 0) is 4.74 Å². The molecule has 1 fully saturated rings. The molecular weight excluding hydrogens is 303 g/mol. The lowest BCUT2D eigenvalue weighted by molar-refractivity contribution is -0.00501. The van der Waals surface area contributed by atoms with E-state index in [2.05, 4.69) is 15.2 Å². The van der Waals surface area contributed by atoms with Gasteiger partial charge in [-0.3, -0.25) is 9.89 Å². The largest absolute Gasteiger partial charge is 0.461 e. The minimum Gasteiger partial charge on any atom is -0.461 e. The van der Waals surface area contributed by atoms with E-state index in [0.29, 0.717) is 36.5 Å². The number of benzene rings is 1. The smallest absolute Gasteiger partial charge is 0.255 e. The summed E-state index contributed by atoms with van der Waals surface area (Å²) in [5.41, 5.74) is 0.474. The highest BCUT2D eigenvalue weighted by Gasteiger charge is 2.32. The van der Waals surface area contributed by atoms with Crippen LogP contribution in [0.3, 0.4) is 0 Å². The van der Waals surface area contributed by atoms with Crippen molar-refractivity contribution in [3.05, 3.63) is 48.0 Å². The minimum absolute atomic E-state index is 0.0836. The van der Waals surface area contributed by atoms with E-state index in [0.717, 1.165) is 0 Å². The summed E-state index contributed by atoms with van der Waals surface area (Å²) < 4.78 is 24.3. The molecular formula is C15H13FN4O3. The van der Waals surface area contributed by atoms with Gasteiger partial charge in [-0.05, 0) is 18.2 Å². The van der Waals surface area contributed by atoms with Gasteiger partial charge in [0.05, 0.1) is 25.0 Å². The van der Waals surface area contributed by atoms with Crippen molar-refractivity contribution < 1.29 is 18.3 Å². The molecule has 1 saturated heterocycles. The Bertz CT molecular complexity index is 846. The number of hydrogen-bond acceptors (Lipinski definition) is 5. The predicted molar refractivity (Wildman–Crippen MR) is 77.2 cm³/mol. The van der Waals surface area contributed by atoms with E-state index in [1.54, 1.807) is 11.0 Å². The third kappa shape index (κ3) is 2.27. The lowest BCUT2D eigenvalue weighted by Gasteiger charge is -2.34. The van der Waals surface area contributed by atoms with Crippen molar-refractivity contribution in [3.8, 4) is 0 Å². The summed E-state index contributed by atoms with van der Waals surface area (Å²) in [6, 6.07) is 3.95. The summed E-state index contributed by atoms with van der Waals surface area (Å²) in [6.07, 6.45) is 2.76. The normalized spacial score (nSPS) is 18.5. The fraction of sp³-hybridized carbons (Fsp3) is 0.267. The summed E-state index contributed by atoms with van der Waals surface area (Å²) in [5, 5.41) is 7.05. The molecule has 0 bridgehead atoms. The van der Waals surface area contributed by atoms with Gasteiger partial charge in [-0.2, -0.15) is 5.10 Å². The third-order valence-electron chi connectivity index (χ3n) is 3.94. The molecule has 1 aliphatic rings. The fourth-order valence-electron chi connectivity index (χ4n) is 2.82. The Balaban J connectivity index is 1.74. The molecule has 118 valence electrons. The molecule has 1 aliphatic heterocycles. The molecule has 0 radical (unpaired) electrons. The highest BCUT2D eigenvalue weighted by molar-refractivity contribution is 6.06. The van der Waals surface area contributed by atoms with Crippen LogP contribution in [0.5, 0.6) is 0 Å². The average Bonchev–Trinajstić information content (AvgIpc) is 3.26. The van der Waals surface area contributed by atoms with E-state index in [1.807, 2.05) is 0 Å². The fourth-order valence-corrected chi connectivity index (χ4v) is 2.82. The SMILES string of the molecule is O=C(c1ccc(F)c2occc12)N1CCOCC1c1ncn[nH]1. The first kappa shape index (κ1) is 13.9. The first-order valence-electron chi connectivity index (χ1n) is 7.15. The Hall–Kier alpha value is -2.74. The molecule has 2 aromatic heterocycles. The number of nitrogens with zero attached hydrogens (tertiary/aromatic N) is 3. The molecule has 0 spiro atoms. The summed E-state index contributed by atoms with van der Waals surface area (Å²) in [6.45, 7) is 1.18. The molecule has 23 heavy (non-hydrogen) atoms. The van der Waals surface area contributed by atoms with E-state index in [9.17, 15) is 9.18 Å². The van der Waals surface area contributed by atoms with Gasteiger partial charge >= 0.3 is 0 Å². The zero-order valence-corrected chi connectivity index (χ0v) is 12.0. The van der Waals surface area contributed by atoms with Crippen LogP contribution < -0.4 is 0 Å². The minimum atomic E-state index is -0.490. The summed E-state index contributed by atoms with van der Waals surface area (Å²) in [7, 11) is 0. The van der Waals surface area contributed by atoms with Gasteiger partial charge in [0, 0.05) is 11.9 Å². The van der Waals surface area contributed by atoms with Crippen LogP contribution in [0.2, 0.25) is 0 Å². The number of furan rings is 1. The van der Waals surface area contributed by atoms with Gasteiger partial charge in [0.15, 0.2) is 11.4 Å². The zero-order valence-electron chi connectivity index (χ0n) is 12.0. The van der Waals surface area contributed by atoms with Gasteiger partial charge in [0.2, 0.25) is 0 Å². The maximum Gasteiger partial charge on any atom is 0.255 e. The number of amides is 1. The van der Waals surface area contributed by atoms with E-state index in [4.69, 9.17) is 9.15 Å². The first-order valence-corrected chi connectivity index (χ1v) is 7.15. The predicted octanol–water partition coefficient (Wildman–Crippen LogP) is 1.90. The molecule has 8 heteroatoms. The van der Waals surface area contributed by atoms with Crippen LogP contribution in [0.15, 0.2) is 35.2 Å². The summed E-state index contributed by atoms with van der Waals surface area (Å²) in [4.78, 5) is 18.7. The van der Waals surface area contributed by atoms with E-state index in [-0.39, 0.29) is 17.5 Å². The molecule has 1 atom stereocenters. The monoisotopic (exact) mass is 316 g/mol. The van der Waals surface area contributed by atoms with Gasteiger partial charge < -0.3 is 14.1 Å². The Morgan fingerprint density at radius 3 is 3.13 bits per heavy atom. The lowest BCUT2D eigenvalue weighted by Crippen LogP contribution is -2.44. The number of H-pyrrole nitrogens is 1. The highest BCUT2D eigenvalue weighted by atomic mass is 19.1. The van der Waals surface area contributed by atoms with E-state index < -0.39 is 5.82 Å². The van der Waals surface area contributed by atoms with Crippen LogP contribution in [0.4, 0.5) is 4.39 Å². The second kappa shape index (κ2) is 5.47.